The van der Waals surface area contributed by atoms with E-state index in [0.717, 1.165) is 0 Å². The molecule has 25 heteroatoms. The van der Waals surface area contributed by atoms with Gasteiger partial charge in [-0.05, 0) is 0 Å². The maximum atomic E-state index is 11.3. The molecular weight excluding hydrogens is 547 g/mol. The average Bonchev–Trinajstić information content (AvgIpc) is 2.39. The molecule has 0 saturated heterocycles. The van der Waals surface area contributed by atoms with Crippen LogP contribution >= 0.6 is 39.1 Å². The van der Waals surface area contributed by atoms with E-state index in [9.17, 15) is 22.8 Å². The van der Waals surface area contributed by atoms with E-state index in [-0.39, 0.29) is 0 Å². The molecule has 1 aliphatic rings. The third kappa shape index (κ3) is 12.0. The van der Waals surface area contributed by atoms with Crippen molar-refractivity contribution in [2.24, 2.45) is 0 Å². The van der Waals surface area contributed by atoms with Crippen LogP contribution in [0, 0.1) is 0 Å². The molecule has 0 radical (unpaired) electrons. The van der Waals surface area contributed by atoms with Crippen molar-refractivity contribution in [3.63, 3.8) is 0 Å². The first-order chi connectivity index (χ1) is 13.5. The summed E-state index contributed by atoms with van der Waals surface area (Å²) in [5.41, 5.74) is 0. The molecule has 186 valence electrons. The van der Waals surface area contributed by atoms with Crippen LogP contribution in [0.25, 0.3) is 0 Å². The van der Waals surface area contributed by atoms with Crippen LogP contribution in [0.1, 0.15) is 6.42 Å². The van der Waals surface area contributed by atoms with Gasteiger partial charge in [0.25, 0.3) is 0 Å². The summed E-state index contributed by atoms with van der Waals surface area (Å²) in [5, 5.41) is 0. The van der Waals surface area contributed by atoms with Gasteiger partial charge in [-0.25, -0.2) is 22.8 Å². The van der Waals surface area contributed by atoms with Crippen LogP contribution in [0.2, 0.25) is 0 Å². The summed E-state index contributed by atoms with van der Waals surface area (Å²) in [6.07, 6.45) is -14.0. The molecule has 1 rings (SSSR count). The second-order valence-corrected chi connectivity index (χ2v) is 11.6. The van der Waals surface area contributed by atoms with Crippen molar-refractivity contribution < 1.29 is 94.4 Å². The largest absolute Gasteiger partial charge is 0.470 e. The first kappa shape index (κ1) is 29.6. The first-order valence-corrected chi connectivity index (χ1v) is 14.8. The summed E-state index contributed by atoms with van der Waals surface area (Å²) >= 11 is 0. The van der Waals surface area contributed by atoms with E-state index in [0.29, 0.717) is 0 Å². The molecule has 1 unspecified atom stereocenters. The predicted molar refractivity (Wildman–Crippen MR) is 89.2 cm³/mol. The van der Waals surface area contributed by atoms with Crippen molar-refractivity contribution in [1.82, 2.24) is 0 Å². The van der Waals surface area contributed by atoms with E-state index in [1.807, 2.05) is 0 Å². The fraction of sp³-hybridized carbons (Fsp3) is 1.00. The zero-order valence-corrected chi connectivity index (χ0v) is 18.9. The fourth-order valence-corrected chi connectivity index (χ4v) is 5.34. The monoisotopic (exact) mass is 564 g/mol. The SMILES string of the molecule is O=P(O)(O)OC1[C@@H](OP(=O)(O)O)[C@H](OP(=O)(O)O)C[C@H](OP(=O)(O)O)[C@H]1OP(=O)(O)O. The van der Waals surface area contributed by atoms with Gasteiger partial charge in [0.05, 0.1) is 0 Å². The zero-order valence-electron chi connectivity index (χ0n) is 14.4. The van der Waals surface area contributed by atoms with Crippen LogP contribution in [-0.4, -0.2) is 79.5 Å². The predicted octanol–water partition coefficient (Wildman–Crippen LogP) is -2.22. The van der Waals surface area contributed by atoms with E-state index < -0.39 is 76.1 Å². The third-order valence-corrected chi connectivity index (χ3v) is 5.81. The molecule has 0 spiro atoms. The summed E-state index contributed by atoms with van der Waals surface area (Å²) < 4.78 is 77.0. The lowest BCUT2D eigenvalue weighted by Crippen LogP contribution is -2.58. The van der Waals surface area contributed by atoms with Crippen molar-refractivity contribution in [2.75, 3.05) is 0 Å². The Kier molecular flexibility index (Phi) is 9.58. The molecule has 31 heavy (non-hydrogen) atoms. The number of rotatable bonds is 10. The Bertz CT molecular complexity index is 795. The molecule has 20 nitrogen and oxygen atoms in total. The van der Waals surface area contributed by atoms with Gasteiger partial charge in [-0.15, -0.1) is 0 Å². The summed E-state index contributed by atoms with van der Waals surface area (Å²) in [7, 11) is -28.3. The van der Waals surface area contributed by atoms with E-state index in [4.69, 9.17) is 48.9 Å². The van der Waals surface area contributed by atoms with Gasteiger partial charge in [-0.1, -0.05) is 0 Å². The Hall–Kier alpha value is 0.550. The van der Waals surface area contributed by atoms with Gasteiger partial charge in [0.2, 0.25) is 0 Å². The van der Waals surface area contributed by atoms with Crippen LogP contribution in [0.15, 0.2) is 0 Å². The van der Waals surface area contributed by atoms with Crippen LogP contribution in [-0.2, 0) is 45.4 Å². The van der Waals surface area contributed by atoms with E-state index in [1.54, 1.807) is 0 Å². The number of phosphoric acid groups is 5. The maximum Gasteiger partial charge on any atom is 0.470 e. The highest BCUT2D eigenvalue weighted by Crippen LogP contribution is 2.54. The van der Waals surface area contributed by atoms with Gasteiger partial charge in [0.1, 0.15) is 30.5 Å². The average molecular weight is 564 g/mol. The van der Waals surface area contributed by atoms with Gasteiger partial charge >= 0.3 is 39.1 Å². The molecule has 0 bridgehead atoms. The smallest absolute Gasteiger partial charge is 0.303 e. The fourth-order valence-electron chi connectivity index (χ4n) is 2.52. The Balaban J connectivity index is 3.63. The summed E-state index contributed by atoms with van der Waals surface area (Å²) in [6.45, 7) is 0. The Labute approximate surface area is 171 Å². The minimum atomic E-state index is -5.76. The second-order valence-electron chi connectivity index (χ2n) is 5.69. The van der Waals surface area contributed by atoms with Crippen LogP contribution < -0.4 is 0 Å². The molecule has 10 N–H and O–H groups in total. The lowest BCUT2D eigenvalue weighted by molar-refractivity contribution is -0.158. The van der Waals surface area contributed by atoms with Crippen molar-refractivity contribution >= 4 is 39.1 Å². The Morgan fingerprint density at radius 2 is 0.645 bits per heavy atom. The second kappa shape index (κ2) is 10.0. The first-order valence-electron chi connectivity index (χ1n) is 7.15. The minimum absolute atomic E-state index is 1.24. The minimum Gasteiger partial charge on any atom is -0.303 e. The molecule has 1 aliphatic carbocycles. The van der Waals surface area contributed by atoms with Gasteiger partial charge < -0.3 is 48.9 Å². The van der Waals surface area contributed by atoms with Crippen LogP contribution in [0.4, 0.5) is 0 Å². The van der Waals surface area contributed by atoms with Gasteiger partial charge in [-0.3, -0.25) is 22.6 Å². The molecule has 1 saturated carbocycles. The summed E-state index contributed by atoms with van der Waals surface area (Å²) in [6, 6.07) is 0. The van der Waals surface area contributed by atoms with Gasteiger partial charge in [0, 0.05) is 6.42 Å². The number of hydrogen-bond acceptors (Lipinski definition) is 10. The van der Waals surface area contributed by atoms with Crippen LogP contribution in [0.3, 0.4) is 0 Å². The van der Waals surface area contributed by atoms with Crippen molar-refractivity contribution in [2.45, 2.75) is 36.9 Å². The molecule has 0 aromatic rings. The molecule has 1 fully saturated rings. The van der Waals surface area contributed by atoms with E-state index >= 15 is 0 Å². The van der Waals surface area contributed by atoms with E-state index in [2.05, 4.69) is 22.6 Å². The highest BCUT2D eigenvalue weighted by atomic mass is 31.2. The normalized spacial score (nSPS) is 29.2. The highest BCUT2D eigenvalue weighted by molar-refractivity contribution is 7.47. The van der Waals surface area contributed by atoms with Crippen molar-refractivity contribution in [1.29, 1.82) is 0 Å². The quantitative estimate of drug-likeness (QED) is 0.126. The van der Waals surface area contributed by atoms with Crippen molar-refractivity contribution in [3.8, 4) is 0 Å². The van der Waals surface area contributed by atoms with Gasteiger partial charge in [-0.2, -0.15) is 0 Å². The summed E-state index contributed by atoms with van der Waals surface area (Å²) in [5.74, 6) is 0. The molecule has 0 aromatic carbocycles. The van der Waals surface area contributed by atoms with Crippen molar-refractivity contribution in [3.05, 3.63) is 0 Å². The van der Waals surface area contributed by atoms with Crippen LogP contribution in [0.5, 0.6) is 0 Å². The molecule has 0 heterocycles. The topological polar surface area (TPSA) is 334 Å². The molecule has 0 amide bonds. The zero-order chi connectivity index (χ0) is 24.6. The highest BCUT2D eigenvalue weighted by Gasteiger charge is 2.56. The Morgan fingerprint density at radius 3 is 0.871 bits per heavy atom. The molecule has 0 aromatic heterocycles. The van der Waals surface area contributed by atoms with Gasteiger partial charge in [0.15, 0.2) is 0 Å². The lowest BCUT2D eigenvalue weighted by Gasteiger charge is -2.44. The maximum absolute atomic E-state index is 11.3. The molecular formula is C6H17O20P5. The molecule has 0 aliphatic heterocycles. The number of phosphoric ester groups is 5. The third-order valence-electron chi connectivity index (χ3n) is 3.17. The molecule has 5 atom stereocenters. The summed E-state index contributed by atoms with van der Waals surface area (Å²) in [4.78, 5) is 90.0. The van der Waals surface area contributed by atoms with E-state index in [1.165, 1.54) is 0 Å². The lowest BCUT2D eigenvalue weighted by atomic mass is 9.87. The standard InChI is InChI=1S/C6H17O20P5/c7-27(8,9)22-2-1-3(23-28(10,11)12)5(25-30(16,17)18)6(26-31(19,20)21)4(2)24-29(13,14)15/h2-6H,1H2,(H2,7,8,9)(H2,10,11,12)(H2,13,14,15)(H2,16,17,18)(H2,19,20,21)/t2-,3+,4+,5-,6?. The number of hydrogen-bond donors (Lipinski definition) is 10. The Morgan fingerprint density at radius 1 is 0.419 bits per heavy atom.